The van der Waals surface area contributed by atoms with E-state index in [-0.39, 0.29) is 16.4 Å². The van der Waals surface area contributed by atoms with Crippen LogP contribution < -0.4 is 16.1 Å². The van der Waals surface area contributed by atoms with Gasteiger partial charge < -0.3 is 10.6 Å². The fourth-order valence-corrected chi connectivity index (χ4v) is 3.32. The van der Waals surface area contributed by atoms with Crippen molar-refractivity contribution < 1.29 is 8.78 Å². The fraction of sp³-hybridized carbons (Fsp3) is 0.263. The molecule has 3 rings (SSSR count). The van der Waals surface area contributed by atoms with Gasteiger partial charge in [0.05, 0.1) is 11.9 Å². The molecular formula is C19H20ClF2N5S. The summed E-state index contributed by atoms with van der Waals surface area (Å²) >= 11 is 10.8. The number of halogens is 3. The van der Waals surface area contributed by atoms with Crippen LogP contribution in [0.2, 0.25) is 5.02 Å². The molecule has 1 aliphatic rings. The first-order chi connectivity index (χ1) is 13.4. The monoisotopic (exact) mass is 423 g/mol. The lowest BCUT2D eigenvalue weighted by Gasteiger charge is -2.36. The van der Waals surface area contributed by atoms with E-state index in [9.17, 15) is 8.78 Å². The minimum absolute atomic E-state index is 0.0161. The lowest BCUT2D eigenvalue weighted by Crippen LogP contribution is -2.46. The lowest BCUT2D eigenvalue weighted by atomic mass is 10.1. The second kappa shape index (κ2) is 9.27. The van der Waals surface area contributed by atoms with Crippen molar-refractivity contribution in [2.24, 2.45) is 10.8 Å². The van der Waals surface area contributed by atoms with E-state index in [4.69, 9.17) is 17.3 Å². The standard InChI is InChI=1S/C19H20ClF2N5S/c20-15-4-2-1-3-13(15)12-26-5-7-27(8-6-26)18-10-16(21)14(9-17(18)22)11-24-25-19(23)28/h1-4,9-11H,5-8,12H2,(H3,23,25,28)/b24-11+. The Hall–Kier alpha value is -2.29. The second-order valence-electron chi connectivity index (χ2n) is 6.41. The molecule has 148 valence electrons. The summed E-state index contributed by atoms with van der Waals surface area (Å²) in [7, 11) is 0. The highest BCUT2D eigenvalue weighted by atomic mass is 35.5. The van der Waals surface area contributed by atoms with Gasteiger partial charge in [0.1, 0.15) is 11.6 Å². The molecule has 0 spiro atoms. The summed E-state index contributed by atoms with van der Waals surface area (Å²) in [5.41, 5.74) is 8.87. The fourth-order valence-electron chi connectivity index (χ4n) is 3.07. The molecular weight excluding hydrogens is 404 g/mol. The van der Waals surface area contributed by atoms with Crippen LogP contribution >= 0.6 is 23.8 Å². The molecule has 0 saturated carbocycles. The van der Waals surface area contributed by atoms with Gasteiger partial charge in [0.25, 0.3) is 0 Å². The van der Waals surface area contributed by atoms with Gasteiger partial charge in [-0.2, -0.15) is 5.10 Å². The molecule has 1 heterocycles. The van der Waals surface area contributed by atoms with Gasteiger partial charge in [-0.1, -0.05) is 29.8 Å². The first-order valence-corrected chi connectivity index (χ1v) is 9.51. The van der Waals surface area contributed by atoms with Gasteiger partial charge in [0.2, 0.25) is 0 Å². The van der Waals surface area contributed by atoms with E-state index in [1.807, 2.05) is 29.2 Å². The van der Waals surface area contributed by atoms with Crippen molar-refractivity contribution in [3.8, 4) is 0 Å². The Bertz CT molecular complexity index is 885. The summed E-state index contributed by atoms with van der Waals surface area (Å²) in [6.07, 6.45) is 1.14. The second-order valence-corrected chi connectivity index (χ2v) is 7.26. The molecule has 0 aromatic heterocycles. The number of nitrogens with one attached hydrogen (secondary N) is 1. The van der Waals surface area contributed by atoms with Crippen LogP contribution in [0.5, 0.6) is 0 Å². The van der Waals surface area contributed by atoms with Crippen LogP contribution in [0.25, 0.3) is 0 Å². The van der Waals surface area contributed by atoms with Crippen molar-refractivity contribution in [1.29, 1.82) is 0 Å². The number of hydrazone groups is 1. The van der Waals surface area contributed by atoms with Crippen LogP contribution in [0.3, 0.4) is 0 Å². The van der Waals surface area contributed by atoms with Gasteiger partial charge in [-0.15, -0.1) is 0 Å². The summed E-state index contributed by atoms with van der Waals surface area (Å²) in [4.78, 5) is 4.09. The zero-order valence-electron chi connectivity index (χ0n) is 15.0. The Labute approximate surface area is 172 Å². The van der Waals surface area contributed by atoms with Crippen molar-refractivity contribution >= 4 is 40.8 Å². The number of benzene rings is 2. The Morgan fingerprint density at radius 3 is 2.57 bits per heavy atom. The van der Waals surface area contributed by atoms with Crippen molar-refractivity contribution in [3.63, 3.8) is 0 Å². The third-order valence-electron chi connectivity index (χ3n) is 4.51. The number of piperazine rings is 1. The lowest BCUT2D eigenvalue weighted by molar-refractivity contribution is 0.249. The number of nitrogens with zero attached hydrogens (tertiary/aromatic N) is 3. The molecule has 2 aromatic rings. The Morgan fingerprint density at radius 1 is 1.18 bits per heavy atom. The number of anilines is 1. The minimum Gasteiger partial charge on any atom is -0.375 e. The van der Waals surface area contributed by atoms with Crippen LogP contribution in [-0.2, 0) is 6.54 Å². The van der Waals surface area contributed by atoms with Gasteiger partial charge in [-0.3, -0.25) is 10.3 Å². The molecule has 0 aliphatic carbocycles. The third kappa shape index (κ3) is 5.15. The summed E-state index contributed by atoms with van der Waals surface area (Å²) in [5, 5.41) is 4.35. The van der Waals surface area contributed by atoms with Crippen LogP contribution in [0, 0.1) is 11.6 Å². The smallest absolute Gasteiger partial charge is 0.184 e. The summed E-state index contributed by atoms with van der Waals surface area (Å²) < 4.78 is 28.8. The largest absolute Gasteiger partial charge is 0.375 e. The molecule has 0 amide bonds. The maximum Gasteiger partial charge on any atom is 0.184 e. The Morgan fingerprint density at radius 2 is 1.89 bits per heavy atom. The molecule has 1 fully saturated rings. The van der Waals surface area contributed by atoms with E-state index in [0.29, 0.717) is 13.1 Å². The number of hydrogen-bond donors (Lipinski definition) is 2. The SMILES string of the molecule is NC(=S)N/N=C/c1cc(F)c(N2CCN(Cc3ccccc3Cl)CC2)cc1F. The topological polar surface area (TPSA) is 56.9 Å². The molecule has 2 aromatic carbocycles. The maximum absolute atomic E-state index is 14.5. The van der Waals surface area contributed by atoms with Gasteiger partial charge in [0, 0.05) is 49.4 Å². The Kier molecular flexibility index (Phi) is 6.77. The first kappa shape index (κ1) is 20.4. The van der Waals surface area contributed by atoms with E-state index in [1.54, 1.807) is 0 Å². The minimum atomic E-state index is -0.566. The average Bonchev–Trinajstić information content (AvgIpc) is 2.66. The Balaban J connectivity index is 1.64. The molecule has 1 aliphatic heterocycles. The van der Waals surface area contributed by atoms with E-state index < -0.39 is 11.6 Å². The molecule has 9 heteroatoms. The average molecular weight is 424 g/mol. The number of thiocarbonyl (C=S) groups is 1. The highest BCUT2D eigenvalue weighted by Crippen LogP contribution is 2.25. The van der Waals surface area contributed by atoms with Crippen molar-refractivity contribution in [2.75, 3.05) is 31.1 Å². The molecule has 28 heavy (non-hydrogen) atoms. The van der Waals surface area contributed by atoms with E-state index in [1.165, 1.54) is 6.07 Å². The zero-order chi connectivity index (χ0) is 20.1. The van der Waals surface area contributed by atoms with E-state index >= 15 is 0 Å². The normalized spacial score (nSPS) is 15.2. The highest BCUT2D eigenvalue weighted by molar-refractivity contribution is 7.80. The zero-order valence-corrected chi connectivity index (χ0v) is 16.6. The quantitative estimate of drug-likeness (QED) is 0.439. The molecule has 0 radical (unpaired) electrons. The van der Waals surface area contributed by atoms with Crippen LogP contribution in [0.4, 0.5) is 14.5 Å². The third-order valence-corrected chi connectivity index (χ3v) is 4.97. The van der Waals surface area contributed by atoms with Crippen molar-refractivity contribution in [3.05, 3.63) is 64.2 Å². The van der Waals surface area contributed by atoms with Crippen molar-refractivity contribution in [1.82, 2.24) is 10.3 Å². The van der Waals surface area contributed by atoms with Crippen LogP contribution in [0.1, 0.15) is 11.1 Å². The number of nitrogens with two attached hydrogens (primary N) is 1. The summed E-state index contributed by atoms with van der Waals surface area (Å²) in [6.45, 7) is 3.38. The summed E-state index contributed by atoms with van der Waals surface area (Å²) in [5.74, 6) is -1.07. The molecule has 0 unspecified atom stereocenters. The van der Waals surface area contributed by atoms with Gasteiger partial charge >= 0.3 is 0 Å². The van der Waals surface area contributed by atoms with Gasteiger partial charge in [0.15, 0.2) is 5.11 Å². The molecule has 3 N–H and O–H groups in total. The number of hydrogen-bond acceptors (Lipinski definition) is 4. The predicted molar refractivity (Wildman–Crippen MR) is 113 cm³/mol. The summed E-state index contributed by atoms with van der Waals surface area (Å²) in [6, 6.07) is 10.0. The van der Waals surface area contributed by atoms with E-state index in [2.05, 4.69) is 27.6 Å². The van der Waals surface area contributed by atoms with Crippen LogP contribution in [-0.4, -0.2) is 42.4 Å². The van der Waals surface area contributed by atoms with Crippen molar-refractivity contribution in [2.45, 2.75) is 6.54 Å². The first-order valence-electron chi connectivity index (χ1n) is 8.72. The van der Waals surface area contributed by atoms with Crippen LogP contribution in [0.15, 0.2) is 41.5 Å². The molecule has 5 nitrogen and oxygen atoms in total. The maximum atomic E-state index is 14.5. The molecule has 0 bridgehead atoms. The highest BCUT2D eigenvalue weighted by Gasteiger charge is 2.21. The number of rotatable bonds is 5. The molecule has 0 atom stereocenters. The predicted octanol–water partition coefficient (Wildman–Crippen LogP) is 3.11. The van der Waals surface area contributed by atoms with E-state index in [0.717, 1.165) is 42.5 Å². The molecule has 1 saturated heterocycles. The van der Waals surface area contributed by atoms with Gasteiger partial charge in [-0.05, 0) is 29.9 Å². The van der Waals surface area contributed by atoms with Gasteiger partial charge in [-0.25, -0.2) is 8.78 Å².